The molecule has 0 bridgehead atoms. The summed E-state index contributed by atoms with van der Waals surface area (Å²) >= 11 is 1.11. The van der Waals surface area contributed by atoms with E-state index in [4.69, 9.17) is 0 Å². The first-order valence-corrected chi connectivity index (χ1v) is 9.51. The van der Waals surface area contributed by atoms with Crippen LogP contribution in [-0.4, -0.2) is 46.6 Å². The molecule has 26 heavy (non-hydrogen) atoms. The molecule has 1 saturated heterocycles. The Morgan fingerprint density at radius 1 is 1.38 bits per heavy atom. The maximum atomic E-state index is 12.5. The molecule has 0 saturated carbocycles. The van der Waals surface area contributed by atoms with Crippen molar-refractivity contribution < 1.29 is 22.8 Å². The Hall–Kier alpha value is -1.77. The zero-order chi connectivity index (χ0) is 19.2. The predicted molar refractivity (Wildman–Crippen MR) is 92.6 cm³/mol. The fourth-order valence-electron chi connectivity index (χ4n) is 2.71. The molecule has 9 heteroatoms. The van der Waals surface area contributed by atoms with E-state index in [1.807, 2.05) is 6.92 Å². The number of hydrogen-bond donors (Lipinski definition) is 1. The van der Waals surface area contributed by atoms with Crippen LogP contribution < -0.4 is 5.32 Å². The van der Waals surface area contributed by atoms with Crippen molar-refractivity contribution in [1.29, 1.82) is 0 Å². The zero-order valence-corrected chi connectivity index (χ0v) is 15.3. The average Bonchev–Trinajstić information content (AvgIpc) is 2.59. The van der Waals surface area contributed by atoms with Gasteiger partial charge in [-0.3, -0.25) is 9.59 Å². The summed E-state index contributed by atoms with van der Waals surface area (Å²) in [6.45, 7) is 3.03. The van der Waals surface area contributed by atoms with Crippen molar-refractivity contribution in [2.75, 3.05) is 18.8 Å². The van der Waals surface area contributed by atoms with Gasteiger partial charge in [0.05, 0.1) is 16.3 Å². The van der Waals surface area contributed by atoms with Gasteiger partial charge < -0.3 is 10.2 Å². The average molecular weight is 389 g/mol. The van der Waals surface area contributed by atoms with Gasteiger partial charge in [-0.2, -0.15) is 13.2 Å². The molecule has 1 atom stereocenters. The molecule has 1 aromatic rings. The number of likely N-dealkylation sites (tertiary alicyclic amines) is 1. The van der Waals surface area contributed by atoms with Gasteiger partial charge in [0, 0.05) is 31.7 Å². The molecule has 1 aliphatic heterocycles. The van der Waals surface area contributed by atoms with Crippen LogP contribution in [0.15, 0.2) is 23.4 Å². The number of carbonyl (C=O) groups is 2. The summed E-state index contributed by atoms with van der Waals surface area (Å²) in [6.07, 6.45) is -0.749. The third-order valence-electron chi connectivity index (χ3n) is 4.02. The third-order valence-corrected chi connectivity index (χ3v) is 4.95. The van der Waals surface area contributed by atoms with Gasteiger partial charge in [0.2, 0.25) is 11.8 Å². The lowest BCUT2D eigenvalue weighted by atomic mass is 10.1. The quantitative estimate of drug-likeness (QED) is 0.760. The van der Waals surface area contributed by atoms with Crippen molar-refractivity contribution in [3.8, 4) is 0 Å². The number of piperidine rings is 1. The molecule has 1 fully saturated rings. The topological polar surface area (TPSA) is 62.3 Å². The molecule has 2 rings (SSSR count). The van der Waals surface area contributed by atoms with E-state index in [0.29, 0.717) is 24.5 Å². The number of aromatic nitrogens is 1. The second-order valence-electron chi connectivity index (χ2n) is 6.17. The van der Waals surface area contributed by atoms with E-state index in [2.05, 4.69) is 10.3 Å². The number of amides is 2. The minimum atomic E-state index is -4.42. The summed E-state index contributed by atoms with van der Waals surface area (Å²) in [6, 6.07) is 2.19. The fraction of sp³-hybridized carbons (Fsp3) is 0.588. The summed E-state index contributed by atoms with van der Waals surface area (Å²) in [7, 11) is 0. The summed E-state index contributed by atoms with van der Waals surface area (Å²) in [4.78, 5) is 29.5. The van der Waals surface area contributed by atoms with Gasteiger partial charge in [0.1, 0.15) is 0 Å². The van der Waals surface area contributed by atoms with E-state index < -0.39 is 11.7 Å². The van der Waals surface area contributed by atoms with E-state index >= 15 is 0 Å². The van der Waals surface area contributed by atoms with Crippen LogP contribution >= 0.6 is 11.8 Å². The molecule has 1 aromatic heterocycles. The normalized spacial score (nSPS) is 17.8. The molecule has 0 radical (unpaired) electrons. The Morgan fingerprint density at radius 3 is 2.77 bits per heavy atom. The predicted octanol–water partition coefficient (Wildman–Crippen LogP) is 3.10. The van der Waals surface area contributed by atoms with Gasteiger partial charge in [-0.05, 0) is 31.4 Å². The number of alkyl halides is 3. The maximum absolute atomic E-state index is 12.5. The first-order valence-electron chi connectivity index (χ1n) is 8.52. The van der Waals surface area contributed by atoms with Crippen molar-refractivity contribution >= 4 is 23.6 Å². The van der Waals surface area contributed by atoms with Crippen molar-refractivity contribution in [2.24, 2.45) is 0 Å². The van der Waals surface area contributed by atoms with Crippen LogP contribution in [0.3, 0.4) is 0 Å². The van der Waals surface area contributed by atoms with Crippen LogP contribution in [0.25, 0.3) is 0 Å². The minimum absolute atomic E-state index is 0.00451. The molecule has 1 N–H and O–H groups in total. The summed E-state index contributed by atoms with van der Waals surface area (Å²) < 4.78 is 37.5. The van der Waals surface area contributed by atoms with E-state index in [-0.39, 0.29) is 23.6 Å². The van der Waals surface area contributed by atoms with Gasteiger partial charge >= 0.3 is 6.18 Å². The van der Waals surface area contributed by atoms with Crippen LogP contribution in [0.2, 0.25) is 0 Å². The molecule has 2 heterocycles. The van der Waals surface area contributed by atoms with Crippen LogP contribution in [0.5, 0.6) is 0 Å². The standard InChI is InChI=1S/C17H22F3N3O2S/c1-2-4-14(24)22-13-5-3-8-23(10-13)16(25)11-26-15-7-6-12(9-21-15)17(18,19)20/h6-7,9,13H,2-5,8,10-11H2,1H3,(H,22,24). The number of hydrogen-bond acceptors (Lipinski definition) is 4. The van der Waals surface area contributed by atoms with E-state index in [9.17, 15) is 22.8 Å². The van der Waals surface area contributed by atoms with Gasteiger partial charge in [0.15, 0.2) is 0 Å². The largest absolute Gasteiger partial charge is 0.417 e. The molecular weight excluding hydrogens is 367 g/mol. The molecule has 5 nitrogen and oxygen atoms in total. The maximum Gasteiger partial charge on any atom is 0.417 e. The second kappa shape index (κ2) is 9.25. The molecule has 1 aliphatic rings. The number of rotatable bonds is 6. The van der Waals surface area contributed by atoms with Gasteiger partial charge in [-0.15, -0.1) is 0 Å². The number of pyridine rings is 1. The number of halogens is 3. The lowest BCUT2D eigenvalue weighted by molar-refractivity contribution is -0.138. The number of nitrogens with one attached hydrogen (secondary N) is 1. The second-order valence-corrected chi connectivity index (χ2v) is 7.16. The Kier molecular flexibility index (Phi) is 7.31. The van der Waals surface area contributed by atoms with Crippen molar-refractivity contribution in [3.05, 3.63) is 23.9 Å². The third kappa shape index (κ3) is 6.19. The summed E-state index contributed by atoms with van der Waals surface area (Å²) in [5.41, 5.74) is -0.810. The molecule has 1 unspecified atom stereocenters. The number of nitrogens with zero attached hydrogens (tertiary/aromatic N) is 2. The van der Waals surface area contributed by atoms with Crippen molar-refractivity contribution in [1.82, 2.24) is 15.2 Å². The first kappa shape index (κ1) is 20.5. The molecule has 2 amide bonds. The van der Waals surface area contributed by atoms with E-state index in [0.717, 1.165) is 43.3 Å². The molecule has 0 aliphatic carbocycles. The Labute approximate surface area is 154 Å². The van der Waals surface area contributed by atoms with Crippen LogP contribution in [0.1, 0.15) is 38.2 Å². The zero-order valence-electron chi connectivity index (χ0n) is 14.5. The highest BCUT2D eigenvalue weighted by molar-refractivity contribution is 7.99. The highest BCUT2D eigenvalue weighted by atomic mass is 32.2. The first-order chi connectivity index (χ1) is 12.3. The molecule has 144 valence electrons. The van der Waals surface area contributed by atoms with Gasteiger partial charge in [0.25, 0.3) is 0 Å². The Morgan fingerprint density at radius 2 is 2.15 bits per heavy atom. The van der Waals surface area contributed by atoms with E-state index in [1.54, 1.807) is 4.90 Å². The molecule has 0 aromatic carbocycles. The number of thioether (sulfide) groups is 1. The highest BCUT2D eigenvalue weighted by Gasteiger charge is 2.30. The minimum Gasteiger partial charge on any atom is -0.352 e. The van der Waals surface area contributed by atoms with Crippen molar-refractivity contribution in [2.45, 2.75) is 49.9 Å². The Bertz CT molecular complexity index is 623. The van der Waals surface area contributed by atoms with Crippen molar-refractivity contribution in [3.63, 3.8) is 0 Å². The fourth-order valence-corrected chi connectivity index (χ4v) is 3.45. The highest BCUT2D eigenvalue weighted by Crippen LogP contribution is 2.29. The van der Waals surface area contributed by atoms with Crippen LogP contribution in [-0.2, 0) is 15.8 Å². The monoisotopic (exact) mass is 389 g/mol. The van der Waals surface area contributed by atoms with Crippen LogP contribution in [0.4, 0.5) is 13.2 Å². The lowest BCUT2D eigenvalue weighted by Crippen LogP contribution is -2.50. The van der Waals surface area contributed by atoms with Gasteiger partial charge in [-0.25, -0.2) is 4.98 Å². The van der Waals surface area contributed by atoms with Gasteiger partial charge in [-0.1, -0.05) is 18.7 Å². The summed E-state index contributed by atoms with van der Waals surface area (Å²) in [5.74, 6) is -0.00479. The van der Waals surface area contributed by atoms with E-state index in [1.165, 1.54) is 6.07 Å². The Balaban J connectivity index is 1.82. The molecule has 0 spiro atoms. The lowest BCUT2D eigenvalue weighted by Gasteiger charge is -2.33. The number of carbonyl (C=O) groups excluding carboxylic acids is 2. The smallest absolute Gasteiger partial charge is 0.352 e. The summed E-state index contributed by atoms with van der Waals surface area (Å²) in [5, 5.41) is 3.31. The van der Waals surface area contributed by atoms with Crippen LogP contribution in [0, 0.1) is 0 Å². The SMILES string of the molecule is CCCC(=O)NC1CCCN(C(=O)CSc2ccc(C(F)(F)F)cn2)C1. The molecular formula is C17H22F3N3O2S.